The number of hydrogen-bond acceptors (Lipinski definition) is 2. The van der Waals surface area contributed by atoms with E-state index < -0.39 is 5.60 Å². The molecule has 0 radical (unpaired) electrons. The molecule has 15 heavy (non-hydrogen) atoms. The first kappa shape index (κ1) is 11.3. The lowest BCUT2D eigenvalue weighted by atomic mass is 9.89. The van der Waals surface area contributed by atoms with Crippen molar-refractivity contribution in [2.45, 2.75) is 24.9 Å². The molecule has 0 atom stereocenters. The molecule has 1 saturated heterocycles. The zero-order chi connectivity index (χ0) is 10.7. The maximum atomic E-state index is 10.4. The second-order valence-electron chi connectivity index (χ2n) is 4.10. The van der Waals surface area contributed by atoms with Gasteiger partial charge in [-0.2, -0.15) is 11.8 Å². The van der Waals surface area contributed by atoms with E-state index in [1.54, 1.807) is 0 Å². The Hall–Kier alpha value is -0.180. The quantitative estimate of drug-likeness (QED) is 0.860. The minimum Gasteiger partial charge on any atom is -0.389 e. The van der Waals surface area contributed by atoms with Crippen LogP contribution in [0.15, 0.2) is 24.3 Å². The molecule has 0 aliphatic carbocycles. The summed E-state index contributed by atoms with van der Waals surface area (Å²) in [6, 6.07) is 7.79. The summed E-state index contributed by atoms with van der Waals surface area (Å²) in [5.74, 6) is 2.11. The molecule has 0 bridgehead atoms. The molecule has 0 spiro atoms. The normalized spacial score (nSPS) is 20.1. The first-order valence-electron chi connectivity index (χ1n) is 5.23. The molecule has 1 aromatic carbocycles. The van der Waals surface area contributed by atoms with Crippen molar-refractivity contribution in [2.75, 3.05) is 11.5 Å². The van der Waals surface area contributed by atoms with Crippen LogP contribution in [0.25, 0.3) is 0 Å². The van der Waals surface area contributed by atoms with Crippen LogP contribution in [0.2, 0.25) is 5.02 Å². The van der Waals surface area contributed by atoms with Gasteiger partial charge in [-0.3, -0.25) is 0 Å². The second kappa shape index (κ2) is 4.77. The Morgan fingerprint density at radius 3 is 2.60 bits per heavy atom. The maximum Gasteiger partial charge on any atom is 0.0704 e. The number of rotatable bonds is 2. The fraction of sp³-hybridized carbons (Fsp3) is 0.500. The van der Waals surface area contributed by atoms with E-state index in [2.05, 4.69) is 0 Å². The smallest absolute Gasteiger partial charge is 0.0704 e. The van der Waals surface area contributed by atoms with Gasteiger partial charge in [-0.15, -0.1) is 0 Å². The summed E-state index contributed by atoms with van der Waals surface area (Å²) in [4.78, 5) is 0. The van der Waals surface area contributed by atoms with Gasteiger partial charge in [0.1, 0.15) is 0 Å². The van der Waals surface area contributed by atoms with Crippen LogP contribution in [0, 0.1) is 0 Å². The number of hydrogen-bond donors (Lipinski definition) is 1. The highest BCUT2D eigenvalue weighted by molar-refractivity contribution is 7.99. The van der Waals surface area contributed by atoms with Crippen LogP contribution in [0.5, 0.6) is 0 Å². The van der Waals surface area contributed by atoms with Crippen molar-refractivity contribution in [3.05, 3.63) is 34.9 Å². The van der Waals surface area contributed by atoms with Gasteiger partial charge in [0.15, 0.2) is 0 Å². The summed E-state index contributed by atoms with van der Waals surface area (Å²) >= 11 is 8.01. The van der Waals surface area contributed by atoms with E-state index in [0.29, 0.717) is 6.42 Å². The van der Waals surface area contributed by atoms with E-state index in [0.717, 1.165) is 34.9 Å². The molecule has 1 heterocycles. The van der Waals surface area contributed by atoms with Gasteiger partial charge in [0.25, 0.3) is 0 Å². The molecule has 1 fully saturated rings. The summed E-state index contributed by atoms with van der Waals surface area (Å²) in [7, 11) is 0. The monoisotopic (exact) mass is 242 g/mol. The number of thioether (sulfide) groups is 1. The van der Waals surface area contributed by atoms with Crippen LogP contribution >= 0.6 is 23.4 Å². The van der Waals surface area contributed by atoms with Gasteiger partial charge in [0, 0.05) is 11.4 Å². The van der Waals surface area contributed by atoms with Gasteiger partial charge in [0.05, 0.1) is 5.60 Å². The lowest BCUT2D eigenvalue weighted by molar-refractivity contribution is 0.0324. The molecule has 0 saturated carbocycles. The van der Waals surface area contributed by atoms with E-state index in [4.69, 9.17) is 11.6 Å². The largest absolute Gasteiger partial charge is 0.389 e. The summed E-state index contributed by atoms with van der Waals surface area (Å²) in [6.45, 7) is 0. The van der Waals surface area contributed by atoms with Gasteiger partial charge in [-0.05, 0) is 36.0 Å². The van der Waals surface area contributed by atoms with E-state index in [9.17, 15) is 5.11 Å². The Morgan fingerprint density at radius 2 is 1.93 bits per heavy atom. The van der Waals surface area contributed by atoms with E-state index >= 15 is 0 Å². The standard InChI is InChI=1S/C12H15ClOS/c13-11-4-2-1-3-10(11)9-12(14)5-7-15-8-6-12/h1-4,14H,5-9H2. The van der Waals surface area contributed by atoms with Crippen molar-refractivity contribution < 1.29 is 5.11 Å². The molecule has 1 aromatic rings. The molecule has 0 unspecified atom stereocenters. The first-order valence-corrected chi connectivity index (χ1v) is 6.76. The fourth-order valence-corrected chi connectivity index (χ4v) is 3.38. The minimum absolute atomic E-state index is 0.532. The number of benzene rings is 1. The van der Waals surface area contributed by atoms with Crippen molar-refractivity contribution >= 4 is 23.4 Å². The molecule has 1 N–H and O–H groups in total. The Balaban J connectivity index is 2.10. The van der Waals surface area contributed by atoms with Crippen molar-refractivity contribution in [2.24, 2.45) is 0 Å². The highest BCUT2D eigenvalue weighted by Gasteiger charge is 2.30. The van der Waals surface area contributed by atoms with Gasteiger partial charge < -0.3 is 5.11 Å². The SMILES string of the molecule is OC1(Cc2ccccc2Cl)CCSCC1. The Bertz CT molecular complexity index is 334. The van der Waals surface area contributed by atoms with Crippen LogP contribution in [0.1, 0.15) is 18.4 Å². The average Bonchev–Trinajstić information content (AvgIpc) is 2.22. The van der Waals surface area contributed by atoms with Crippen LogP contribution in [-0.4, -0.2) is 22.2 Å². The molecule has 3 heteroatoms. The first-order chi connectivity index (χ1) is 7.20. The third-order valence-corrected chi connectivity index (χ3v) is 4.26. The molecule has 1 aliphatic rings. The summed E-state index contributed by atoms with van der Waals surface area (Å²) in [5.41, 5.74) is 0.532. The van der Waals surface area contributed by atoms with Crippen LogP contribution in [-0.2, 0) is 6.42 Å². The van der Waals surface area contributed by atoms with Crippen molar-refractivity contribution in [1.29, 1.82) is 0 Å². The van der Waals surface area contributed by atoms with E-state index in [-0.39, 0.29) is 0 Å². The Kier molecular flexibility index (Phi) is 3.60. The topological polar surface area (TPSA) is 20.2 Å². The highest BCUT2D eigenvalue weighted by Crippen LogP contribution is 2.31. The van der Waals surface area contributed by atoms with Crippen LogP contribution in [0.4, 0.5) is 0 Å². The lowest BCUT2D eigenvalue weighted by Crippen LogP contribution is -2.35. The van der Waals surface area contributed by atoms with Crippen LogP contribution in [0.3, 0.4) is 0 Å². The van der Waals surface area contributed by atoms with Gasteiger partial charge in [-0.1, -0.05) is 29.8 Å². The molecular weight excluding hydrogens is 228 g/mol. The van der Waals surface area contributed by atoms with E-state index in [1.807, 2.05) is 36.0 Å². The summed E-state index contributed by atoms with van der Waals surface area (Å²) < 4.78 is 0. The number of aliphatic hydroxyl groups is 1. The van der Waals surface area contributed by atoms with E-state index in [1.165, 1.54) is 0 Å². The Labute approximate surface area is 99.8 Å². The highest BCUT2D eigenvalue weighted by atomic mass is 35.5. The van der Waals surface area contributed by atoms with Crippen molar-refractivity contribution in [1.82, 2.24) is 0 Å². The van der Waals surface area contributed by atoms with Crippen molar-refractivity contribution in [3.8, 4) is 0 Å². The zero-order valence-corrected chi connectivity index (χ0v) is 10.2. The molecule has 0 amide bonds. The van der Waals surface area contributed by atoms with Crippen molar-refractivity contribution in [3.63, 3.8) is 0 Å². The molecule has 1 aliphatic heterocycles. The predicted molar refractivity (Wildman–Crippen MR) is 66.7 cm³/mol. The average molecular weight is 243 g/mol. The minimum atomic E-state index is -0.532. The van der Waals surface area contributed by atoms with Gasteiger partial charge in [-0.25, -0.2) is 0 Å². The molecule has 82 valence electrons. The summed E-state index contributed by atoms with van der Waals surface area (Å²) in [6.07, 6.45) is 2.44. The fourth-order valence-electron chi connectivity index (χ4n) is 1.92. The molecule has 2 rings (SSSR count). The lowest BCUT2D eigenvalue weighted by Gasteiger charge is -2.32. The van der Waals surface area contributed by atoms with Gasteiger partial charge in [0.2, 0.25) is 0 Å². The zero-order valence-electron chi connectivity index (χ0n) is 8.58. The van der Waals surface area contributed by atoms with Crippen LogP contribution < -0.4 is 0 Å². The third-order valence-electron chi connectivity index (χ3n) is 2.90. The maximum absolute atomic E-state index is 10.4. The molecule has 0 aromatic heterocycles. The second-order valence-corrected chi connectivity index (χ2v) is 5.74. The summed E-state index contributed by atoms with van der Waals surface area (Å²) in [5, 5.41) is 11.1. The number of halogens is 1. The molecular formula is C12H15ClOS. The third kappa shape index (κ3) is 2.90. The van der Waals surface area contributed by atoms with Gasteiger partial charge >= 0.3 is 0 Å². The Morgan fingerprint density at radius 1 is 1.27 bits per heavy atom. The molecule has 1 nitrogen and oxygen atoms in total. The predicted octanol–water partition coefficient (Wildman–Crippen LogP) is 3.14.